The normalized spacial score (nSPS) is 31.5. The van der Waals surface area contributed by atoms with Gasteiger partial charge in [-0.05, 0) is 6.92 Å². The summed E-state index contributed by atoms with van der Waals surface area (Å²) in [5.41, 5.74) is 2.30. The molecule has 0 aliphatic carbocycles. The molecule has 0 spiro atoms. The summed E-state index contributed by atoms with van der Waals surface area (Å²) in [5, 5.41) is 9.86. The minimum atomic E-state index is -0.522. The van der Waals surface area contributed by atoms with Gasteiger partial charge in [0.15, 0.2) is 0 Å². The molecule has 0 radical (unpaired) electrons. The highest BCUT2D eigenvalue weighted by Gasteiger charge is 2.48. The fourth-order valence-electron chi connectivity index (χ4n) is 3.20. The van der Waals surface area contributed by atoms with Crippen LogP contribution in [-0.2, 0) is 9.47 Å². The molecule has 2 saturated heterocycles. The molecule has 3 heterocycles. The summed E-state index contributed by atoms with van der Waals surface area (Å²) in [6.45, 7) is 2.96. The van der Waals surface area contributed by atoms with E-state index in [9.17, 15) is 5.11 Å². The van der Waals surface area contributed by atoms with E-state index in [0.29, 0.717) is 13.2 Å². The molecule has 1 N–H and O–H groups in total. The fraction of sp³-hybridized carbons (Fsp3) is 0.438. The Bertz CT molecular complexity index is 637. The van der Waals surface area contributed by atoms with Crippen molar-refractivity contribution in [3.63, 3.8) is 0 Å². The summed E-state index contributed by atoms with van der Waals surface area (Å²) >= 11 is 0. The Morgan fingerprint density at radius 1 is 1.14 bits per heavy atom. The van der Waals surface area contributed by atoms with Crippen molar-refractivity contribution in [3.05, 3.63) is 42.2 Å². The summed E-state index contributed by atoms with van der Waals surface area (Å²) in [4.78, 5) is 4.48. The van der Waals surface area contributed by atoms with Gasteiger partial charge in [-0.15, -0.1) is 0 Å². The molecule has 2 aliphatic heterocycles. The molecule has 4 rings (SSSR count). The van der Waals surface area contributed by atoms with Crippen LogP contribution in [-0.4, -0.2) is 46.2 Å². The van der Waals surface area contributed by atoms with Gasteiger partial charge >= 0.3 is 0 Å². The van der Waals surface area contributed by atoms with Gasteiger partial charge in [-0.3, -0.25) is 0 Å². The first kappa shape index (κ1) is 13.0. The Labute approximate surface area is 123 Å². The highest BCUT2D eigenvalue weighted by atomic mass is 16.6. The molecule has 2 fully saturated rings. The number of hydrogen-bond acceptors (Lipinski definition) is 4. The highest BCUT2D eigenvalue weighted by molar-refractivity contribution is 5.56. The van der Waals surface area contributed by atoms with Crippen molar-refractivity contribution in [2.45, 2.75) is 31.3 Å². The summed E-state index contributed by atoms with van der Waals surface area (Å²) < 4.78 is 13.5. The van der Waals surface area contributed by atoms with Gasteiger partial charge in [0, 0.05) is 18.0 Å². The van der Waals surface area contributed by atoms with E-state index in [2.05, 4.69) is 40.7 Å². The number of imidazole rings is 1. The Balaban J connectivity index is 1.68. The van der Waals surface area contributed by atoms with Gasteiger partial charge < -0.3 is 19.1 Å². The number of aliphatic hydroxyl groups excluding tert-OH is 1. The minimum Gasteiger partial charge on any atom is -0.388 e. The van der Waals surface area contributed by atoms with E-state index in [1.54, 1.807) is 6.20 Å². The summed E-state index contributed by atoms with van der Waals surface area (Å²) in [5.74, 6) is 0.911. The quantitative estimate of drug-likeness (QED) is 0.910. The maximum atomic E-state index is 9.86. The summed E-state index contributed by atoms with van der Waals surface area (Å²) in [6.07, 6.45) is 2.92. The van der Waals surface area contributed by atoms with Crippen LogP contribution in [0.25, 0.3) is 11.4 Å². The van der Waals surface area contributed by atoms with E-state index in [1.165, 1.54) is 5.56 Å². The van der Waals surface area contributed by atoms with E-state index in [4.69, 9.17) is 9.47 Å². The zero-order chi connectivity index (χ0) is 14.4. The van der Waals surface area contributed by atoms with Crippen molar-refractivity contribution >= 4 is 0 Å². The zero-order valence-electron chi connectivity index (χ0n) is 11.8. The monoisotopic (exact) mass is 286 g/mol. The Morgan fingerprint density at radius 3 is 2.71 bits per heavy atom. The summed E-state index contributed by atoms with van der Waals surface area (Å²) in [7, 11) is 0. The zero-order valence-corrected chi connectivity index (χ0v) is 11.8. The van der Waals surface area contributed by atoms with Gasteiger partial charge in [0.2, 0.25) is 0 Å². The van der Waals surface area contributed by atoms with Crippen LogP contribution in [0.2, 0.25) is 0 Å². The number of nitrogens with zero attached hydrogens (tertiary/aromatic N) is 2. The molecule has 110 valence electrons. The number of hydrogen-bond donors (Lipinski definition) is 1. The van der Waals surface area contributed by atoms with Crippen LogP contribution >= 0.6 is 0 Å². The molecule has 4 atom stereocenters. The standard InChI is InChI=1S/C16H18N2O3/c1-10-2-4-11(5-3-10)16-17-6-7-18(16)12-8-20-15-13(19)9-21-14(12)15/h2-7,12-15,19H,8-9H2,1H3/t12-,13-,14-,15-/m1/s1. The van der Waals surface area contributed by atoms with Gasteiger partial charge in [0.1, 0.15) is 24.1 Å². The fourth-order valence-corrected chi connectivity index (χ4v) is 3.20. The van der Waals surface area contributed by atoms with Crippen LogP contribution in [0.4, 0.5) is 0 Å². The second-order valence-electron chi connectivity index (χ2n) is 5.75. The van der Waals surface area contributed by atoms with Gasteiger partial charge in [0.25, 0.3) is 0 Å². The number of rotatable bonds is 2. The predicted molar refractivity (Wildman–Crippen MR) is 76.9 cm³/mol. The maximum absolute atomic E-state index is 9.86. The molecule has 1 aromatic carbocycles. The largest absolute Gasteiger partial charge is 0.388 e. The van der Waals surface area contributed by atoms with Crippen LogP contribution < -0.4 is 0 Å². The molecule has 21 heavy (non-hydrogen) atoms. The molecule has 0 saturated carbocycles. The number of ether oxygens (including phenoxy) is 2. The van der Waals surface area contributed by atoms with E-state index in [-0.39, 0.29) is 18.2 Å². The molecule has 1 aromatic heterocycles. The van der Waals surface area contributed by atoms with Gasteiger partial charge in [-0.25, -0.2) is 4.98 Å². The second kappa shape index (κ2) is 4.94. The van der Waals surface area contributed by atoms with Crippen molar-refractivity contribution in [1.29, 1.82) is 0 Å². The molecule has 2 aromatic rings. The highest BCUT2D eigenvalue weighted by Crippen LogP contribution is 2.36. The lowest BCUT2D eigenvalue weighted by atomic mass is 10.1. The lowest BCUT2D eigenvalue weighted by molar-refractivity contribution is 0.0172. The Morgan fingerprint density at radius 2 is 1.90 bits per heavy atom. The third kappa shape index (κ3) is 2.09. The lowest BCUT2D eigenvalue weighted by Gasteiger charge is -2.19. The number of aromatic nitrogens is 2. The number of fused-ring (bicyclic) bond motifs is 1. The first-order chi connectivity index (χ1) is 10.2. The van der Waals surface area contributed by atoms with Gasteiger partial charge in [-0.1, -0.05) is 29.8 Å². The molecule has 0 bridgehead atoms. The van der Waals surface area contributed by atoms with E-state index >= 15 is 0 Å². The van der Waals surface area contributed by atoms with E-state index in [1.807, 2.05) is 6.20 Å². The third-order valence-corrected chi connectivity index (χ3v) is 4.34. The SMILES string of the molecule is Cc1ccc(-c2nccn2[C@@H]2CO[C@H]3[C@@H]2OC[C@H]3O)cc1. The second-order valence-corrected chi connectivity index (χ2v) is 5.75. The van der Waals surface area contributed by atoms with Crippen LogP contribution in [0.5, 0.6) is 0 Å². The maximum Gasteiger partial charge on any atom is 0.140 e. The topological polar surface area (TPSA) is 56.5 Å². The van der Waals surface area contributed by atoms with Crippen LogP contribution in [0, 0.1) is 6.92 Å². The number of benzene rings is 1. The van der Waals surface area contributed by atoms with Crippen molar-refractivity contribution in [1.82, 2.24) is 9.55 Å². The third-order valence-electron chi connectivity index (χ3n) is 4.34. The minimum absolute atomic E-state index is 0.0611. The predicted octanol–water partition coefficient (Wildman–Crippen LogP) is 1.56. The molecular weight excluding hydrogens is 268 g/mol. The van der Waals surface area contributed by atoms with Crippen molar-refractivity contribution < 1.29 is 14.6 Å². The molecule has 2 aliphatic rings. The van der Waals surface area contributed by atoms with E-state index < -0.39 is 6.10 Å². The molecule has 0 amide bonds. The molecule has 5 nitrogen and oxygen atoms in total. The molecule has 0 unspecified atom stereocenters. The lowest BCUT2D eigenvalue weighted by Crippen LogP contribution is -2.30. The number of aliphatic hydroxyl groups is 1. The summed E-state index contributed by atoms with van der Waals surface area (Å²) in [6, 6.07) is 8.37. The Kier molecular flexibility index (Phi) is 3.06. The first-order valence-corrected chi connectivity index (χ1v) is 7.25. The van der Waals surface area contributed by atoms with Gasteiger partial charge in [0.05, 0.1) is 19.3 Å². The van der Waals surface area contributed by atoms with E-state index in [0.717, 1.165) is 11.4 Å². The van der Waals surface area contributed by atoms with Crippen molar-refractivity contribution in [2.24, 2.45) is 0 Å². The van der Waals surface area contributed by atoms with Crippen LogP contribution in [0.1, 0.15) is 11.6 Å². The molecular formula is C16H18N2O3. The average molecular weight is 286 g/mol. The Hall–Kier alpha value is -1.69. The van der Waals surface area contributed by atoms with Crippen molar-refractivity contribution in [3.8, 4) is 11.4 Å². The van der Waals surface area contributed by atoms with Crippen molar-refractivity contribution in [2.75, 3.05) is 13.2 Å². The number of aryl methyl sites for hydroxylation is 1. The van der Waals surface area contributed by atoms with Crippen LogP contribution in [0.3, 0.4) is 0 Å². The first-order valence-electron chi connectivity index (χ1n) is 7.25. The van der Waals surface area contributed by atoms with Crippen LogP contribution in [0.15, 0.2) is 36.7 Å². The smallest absolute Gasteiger partial charge is 0.140 e. The van der Waals surface area contributed by atoms with Gasteiger partial charge in [-0.2, -0.15) is 0 Å². The average Bonchev–Trinajstić information content (AvgIpc) is 3.17. The molecule has 5 heteroatoms.